The van der Waals surface area contributed by atoms with Gasteiger partial charge in [-0.05, 0) is 48.5 Å². The molecular formula is C23H16BrF8NO2. The van der Waals surface area contributed by atoms with Crippen LogP contribution in [0.25, 0.3) is 0 Å². The van der Waals surface area contributed by atoms with Crippen molar-refractivity contribution in [3.8, 4) is 11.5 Å². The van der Waals surface area contributed by atoms with Gasteiger partial charge in [0.15, 0.2) is 17.7 Å². The SMILES string of the molecule is OC(CN(Cc1cc(C(F)(F)F)ccc1F)c1cccc(Oc2cc(Br)ccc2F)c1)C(F)(F)F. The Morgan fingerprint density at radius 2 is 1.57 bits per heavy atom. The first-order valence-corrected chi connectivity index (χ1v) is 10.6. The second kappa shape index (κ2) is 10.4. The molecule has 3 nitrogen and oxygen atoms in total. The van der Waals surface area contributed by atoms with Crippen molar-refractivity contribution in [3.05, 3.63) is 87.9 Å². The average Bonchev–Trinajstić information content (AvgIpc) is 2.76. The predicted octanol–water partition coefficient (Wildman–Crippen LogP) is 7.47. The van der Waals surface area contributed by atoms with E-state index in [9.17, 15) is 40.2 Å². The van der Waals surface area contributed by atoms with Crippen molar-refractivity contribution >= 4 is 21.6 Å². The van der Waals surface area contributed by atoms with E-state index in [0.29, 0.717) is 22.7 Å². The largest absolute Gasteiger partial charge is 0.454 e. The third-order valence-corrected chi connectivity index (χ3v) is 5.30. The lowest BCUT2D eigenvalue weighted by Crippen LogP contribution is -2.41. The van der Waals surface area contributed by atoms with Crippen LogP contribution in [0.15, 0.2) is 65.1 Å². The van der Waals surface area contributed by atoms with Crippen LogP contribution in [0.2, 0.25) is 0 Å². The average molecular weight is 570 g/mol. The van der Waals surface area contributed by atoms with E-state index in [1.54, 1.807) is 0 Å². The Bertz CT molecular complexity index is 1180. The summed E-state index contributed by atoms with van der Waals surface area (Å²) in [5.41, 5.74) is -1.77. The molecule has 0 fully saturated rings. The molecule has 12 heteroatoms. The number of alkyl halides is 6. The van der Waals surface area contributed by atoms with Gasteiger partial charge in [-0.15, -0.1) is 0 Å². The number of benzene rings is 3. The Balaban J connectivity index is 1.98. The van der Waals surface area contributed by atoms with Crippen LogP contribution in [0.5, 0.6) is 11.5 Å². The number of rotatable bonds is 7. The molecule has 188 valence electrons. The minimum absolute atomic E-state index is 0.0180. The summed E-state index contributed by atoms with van der Waals surface area (Å²) in [6.45, 7) is -1.86. The standard InChI is InChI=1S/C23H16BrF8NO2/c24-15-5-7-19(26)20(9-15)35-17-3-1-2-16(10-17)33(12-21(34)23(30,31)32)11-13-8-14(22(27,28)29)4-6-18(13)25/h1-10,21,34H,11-12H2. The van der Waals surface area contributed by atoms with Gasteiger partial charge in [0, 0.05) is 28.3 Å². The maximum atomic E-state index is 14.3. The van der Waals surface area contributed by atoms with E-state index < -0.39 is 54.3 Å². The van der Waals surface area contributed by atoms with Crippen molar-refractivity contribution in [3.63, 3.8) is 0 Å². The van der Waals surface area contributed by atoms with E-state index in [-0.39, 0.29) is 17.2 Å². The van der Waals surface area contributed by atoms with E-state index >= 15 is 0 Å². The number of aliphatic hydroxyl groups is 1. The van der Waals surface area contributed by atoms with Crippen LogP contribution in [-0.2, 0) is 12.7 Å². The molecule has 0 amide bonds. The number of aliphatic hydroxyl groups excluding tert-OH is 1. The second-order valence-corrected chi connectivity index (χ2v) is 8.33. The molecule has 0 radical (unpaired) electrons. The molecule has 0 aliphatic rings. The summed E-state index contributed by atoms with van der Waals surface area (Å²) in [6, 6.07) is 10.6. The molecule has 0 bridgehead atoms. The van der Waals surface area contributed by atoms with Crippen molar-refractivity contribution in [2.45, 2.75) is 25.0 Å². The molecule has 3 aromatic rings. The van der Waals surface area contributed by atoms with Crippen LogP contribution >= 0.6 is 15.9 Å². The van der Waals surface area contributed by atoms with Crippen molar-refractivity contribution < 1.29 is 45.0 Å². The quantitative estimate of drug-likeness (QED) is 0.300. The zero-order valence-electron chi connectivity index (χ0n) is 17.5. The Morgan fingerprint density at radius 3 is 2.23 bits per heavy atom. The molecule has 1 unspecified atom stereocenters. The van der Waals surface area contributed by atoms with Gasteiger partial charge in [0.25, 0.3) is 0 Å². The number of hydrogen-bond donors (Lipinski definition) is 1. The highest BCUT2D eigenvalue weighted by atomic mass is 79.9. The molecular weight excluding hydrogens is 554 g/mol. The number of halogens is 9. The summed E-state index contributed by atoms with van der Waals surface area (Å²) in [5.74, 6) is -2.03. The Hall–Kier alpha value is -2.86. The molecule has 1 atom stereocenters. The molecule has 0 heterocycles. The van der Waals surface area contributed by atoms with Crippen LogP contribution in [0.3, 0.4) is 0 Å². The van der Waals surface area contributed by atoms with Gasteiger partial charge in [0.2, 0.25) is 0 Å². The Kier molecular flexibility index (Phi) is 7.95. The van der Waals surface area contributed by atoms with Crippen molar-refractivity contribution in [2.24, 2.45) is 0 Å². The number of anilines is 1. The molecule has 0 saturated heterocycles. The smallest absolute Gasteiger partial charge is 0.416 e. The molecule has 1 N–H and O–H groups in total. The molecule has 0 aliphatic heterocycles. The van der Waals surface area contributed by atoms with Crippen molar-refractivity contribution in [2.75, 3.05) is 11.4 Å². The van der Waals surface area contributed by atoms with Crippen LogP contribution < -0.4 is 9.64 Å². The second-order valence-electron chi connectivity index (χ2n) is 7.42. The monoisotopic (exact) mass is 569 g/mol. The Labute approximate surface area is 202 Å². The maximum absolute atomic E-state index is 14.3. The number of ether oxygens (including phenoxy) is 1. The summed E-state index contributed by atoms with van der Waals surface area (Å²) in [5, 5.41) is 9.59. The van der Waals surface area contributed by atoms with Gasteiger partial charge in [-0.2, -0.15) is 26.3 Å². The minimum Gasteiger partial charge on any atom is -0.454 e. The fourth-order valence-electron chi connectivity index (χ4n) is 3.08. The van der Waals surface area contributed by atoms with Gasteiger partial charge < -0.3 is 14.7 Å². The van der Waals surface area contributed by atoms with E-state index in [1.165, 1.54) is 36.4 Å². The highest BCUT2D eigenvalue weighted by Gasteiger charge is 2.39. The van der Waals surface area contributed by atoms with Gasteiger partial charge >= 0.3 is 12.4 Å². The molecule has 35 heavy (non-hydrogen) atoms. The summed E-state index contributed by atoms with van der Waals surface area (Å²) in [6.07, 6.45) is -12.7. The number of hydrogen-bond acceptors (Lipinski definition) is 3. The zero-order chi connectivity index (χ0) is 26.0. The predicted molar refractivity (Wildman–Crippen MR) is 115 cm³/mol. The van der Waals surface area contributed by atoms with Crippen LogP contribution in [0, 0.1) is 11.6 Å². The highest BCUT2D eigenvalue weighted by molar-refractivity contribution is 9.10. The van der Waals surface area contributed by atoms with Crippen molar-refractivity contribution in [1.82, 2.24) is 0 Å². The molecule has 3 rings (SSSR count). The first-order valence-electron chi connectivity index (χ1n) is 9.82. The first-order chi connectivity index (χ1) is 16.2. The molecule has 3 aromatic carbocycles. The summed E-state index contributed by atoms with van der Waals surface area (Å²) in [7, 11) is 0. The van der Waals surface area contributed by atoms with Gasteiger partial charge in [-0.25, -0.2) is 8.78 Å². The normalized spacial score (nSPS) is 13.0. The summed E-state index contributed by atoms with van der Waals surface area (Å²) >= 11 is 3.15. The number of nitrogens with zero attached hydrogens (tertiary/aromatic N) is 1. The summed E-state index contributed by atoms with van der Waals surface area (Å²) in [4.78, 5) is 0.848. The molecule has 0 aromatic heterocycles. The lowest BCUT2D eigenvalue weighted by Gasteiger charge is -2.29. The lowest BCUT2D eigenvalue weighted by atomic mass is 10.1. The van der Waals surface area contributed by atoms with E-state index in [0.717, 1.165) is 11.0 Å². The third kappa shape index (κ3) is 7.07. The summed E-state index contributed by atoms with van der Waals surface area (Å²) < 4.78 is 113. The van der Waals surface area contributed by atoms with Gasteiger partial charge in [0.05, 0.1) is 12.1 Å². The van der Waals surface area contributed by atoms with Crippen LogP contribution in [0.1, 0.15) is 11.1 Å². The van der Waals surface area contributed by atoms with Gasteiger partial charge in [-0.1, -0.05) is 22.0 Å². The molecule has 0 aliphatic carbocycles. The minimum atomic E-state index is -5.04. The third-order valence-electron chi connectivity index (χ3n) is 4.81. The first kappa shape index (κ1) is 26.7. The lowest BCUT2D eigenvalue weighted by molar-refractivity contribution is -0.200. The van der Waals surface area contributed by atoms with Crippen LogP contribution in [-0.4, -0.2) is 23.9 Å². The molecule has 0 saturated carbocycles. The van der Waals surface area contributed by atoms with Crippen LogP contribution in [0.4, 0.5) is 40.8 Å². The topological polar surface area (TPSA) is 32.7 Å². The van der Waals surface area contributed by atoms with E-state index in [2.05, 4.69) is 15.9 Å². The van der Waals surface area contributed by atoms with Gasteiger partial charge in [0.1, 0.15) is 11.6 Å². The zero-order valence-corrected chi connectivity index (χ0v) is 19.1. The fourth-order valence-corrected chi connectivity index (χ4v) is 3.42. The van der Waals surface area contributed by atoms with Gasteiger partial charge in [-0.3, -0.25) is 0 Å². The Morgan fingerprint density at radius 1 is 0.886 bits per heavy atom. The van der Waals surface area contributed by atoms with E-state index in [1.807, 2.05) is 0 Å². The highest BCUT2D eigenvalue weighted by Crippen LogP contribution is 2.33. The molecule has 0 spiro atoms. The van der Waals surface area contributed by atoms with Crippen molar-refractivity contribution in [1.29, 1.82) is 0 Å². The van der Waals surface area contributed by atoms with E-state index in [4.69, 9.17) is 4.74 Å². The fraction of sp³-hybridized carbons (Fsp3) is 0.217. The maximum Gasteiger partial charge on any atom is 0.416 e.